The summed E-state index contributed by atoms with van der Waals surface area (Å²) >= 11 is 2.83. The normalized spacial score (nSPS) is 10.1. The molecule has 1 N–H and O–H groups in total. The van der Waals surface area contributed by atoms with Crippen molar-refractivity contribution in [3.05, 3.63) is 35.3 Å². The van der Waals surface area contributed by atoms with E-state index in [1.807, 2.05) is 6.07 Å². The maximum atomic E-state index is 10.7. The van der Waals surface area contributed by atoms with Gasteiger partial charge >= 0.3 is 5.97 Å². The highest BCUT2D eigenvalue weighted by atomic mass is 32.2. The summed E-state index contributed by atoms with van der Waals surface area (Å²) in [5, 5.41) is 16.4. The fourth-order valence-corrected chi connectivity index (χ4v) is 2.51. The van der Waals surface area contributed by atoms with Gasteiger partial charge in [0, 0.05) is 4.90 Å². The Morgan fingerprint density at radius 2 is 2.33 bits per heavy atom. The molecule has 0 radical (unpaired) electrons. The summed E-state index contributed by atoms with van der Waals surface area (Å²) in [6, 6.07) is 6.74. The van der Waals surface area contributed by atoms with Crippen LogP contribution < -0.4 is 0 Å². The van der Waals surface area contributed by atoms with Crippen LogP contribution in [0, 0.1) is 0 Å². The second-order valence-corrected chi connectivity index (χ2v) is 4.79. The quantitative estimate of drug-likeness (QED) is 0.889. The zero-order valence-electron chi connectivity index (χ0n) is 7.45. The van der Waals surface area contributed by atoms with Crippen LogP contribution >= 0.6 is 23.1 Å². The number of hydrogen-bond donors (Lipinski definition) is 1. The highest BCUT2D eigenvalue weighted by Gasteiger charge is 2.05. The van der Waals surface area contributed by atoms with Crippen molar-refractivity contribution in [3.8, 4) is 0 Å². The van der Waals surface area contributed by atoms with Crippen LogP contribution in [0.2, 0.25) is 0 Å². The molecule has 0 saturated carbocycles. The van der Waals surface area contributed by atoms with Gasteiger partial charge in [0.15, 0.2) is 4.34 Å². The van der Waals surface area contributed by atoms with E-state index in [0.717, 1.165) is 9.24 Å². The van der Waals surface area contributed by atoms with Crippen LogP contribution in [-0.4, -0.2) is 21.3 Å². The summed E-state index contributed by atoms with van der Waals surface area (Å²) in [5.74, 6) is -0.922. The molecule has 76 valence electrons. The lowest BCUT2D eigenvalue weighted by Crippen LogP contribution is -1.95. The SMILES string of the molecule is O=C(O)c1cccc(Sc2nncs2)c1. The summed E-state index contributed by atoms with van der Waals surface area (Å²) in [6.45, 7) is 0. The molecule has 2 aromatic rings. The number of aromatic carboxylic acids is 1. The van der Waals surface area contributed by atoms with Crippen LogP contribution in [0.3, 0.4) is 0 Å². The zero-order valence-corrected chi connectivity index (χ0v) is 9.09. The Hall–Kier alpha value is -1.40. The number of aromatic nitrogens is 2. The second-order valence-electron chi connectivity index (χ2n) is 2.64. The molecule has 0 aliphatic rings. The van der Waals surface area contributed by atoms with E-state index < -0.39 is 5.97 Å². The Morgan fingerprint density at radius 3 is 3.00 bits per heavy atom. The molecule has 0 unspecified atom stereocenters. The van der Waals surface area contributed by atoms with E-state index in [1.165, 1.54) is 23.1 Å². The highest BCUT2D eigenvalue weighted by Crippen LogP contribution is 2.28. The number of nitrogens with zero attached hydrogens (tertiary/aromatic N) is 2. The van der Waals surface area contributed by atoms with Crippen molar-refractivity contribution in [3.63, 3.8) is 0 Å². The highest BCUT2D eigenvalue weighted by molar-refractivity contribution is 8.01. The molecule has 0 aliphatic heterocycles. The first-order valence-corrected chi connectivity index (χ1v) is 5.73. The Bertz CT molecular complexity index is 471. The number of benzene rings is 1. The standard InChI is InChI=1S/C9H6N2O2S2/c12-8(13)6-2-1-3-7(4-6)15-9-11-10-5-14-9/h1-5H,(H,12,13). The van der Waals surface area contributed by atoms with Gasteiger partial charge in [-0.2, -0.15) is 0 Å². The number of rotatable bonds is 3. The van der Waals surface area contributed by atoms with Crippen LogP contribution in [0.25, 0.3) is 0 Å². The third kappa shape index (κ3) is 2.54. The molecular formula is C9H6N2O2S2. The number of carbonyl (C=O) groups is 1. The average molecular weight is 238 g/mol. The van der Waals surface area contributed by atoms with Gasteiger partial charge in [0.2, 0.25) is 0 Å². The van der Waals surface area contributed by atoms with E-state index in [0.29, 0.717) is 0 Å². The maximum absolute atomic E-state index is 10.7. The molecule has 4 nitrogen and oxygen atoms in total. The maximum Gasteiger partial charge on any atom is 0.335 e. The van der Waals surface area contributed by atoms with Gasteiger partial charge in [-0.05, 0) is 18.2 Å². The molecule has 0 aliphatic carbocycles. The summed E-state index contributed by atoms with van der Waals surface area (Å²) in [7, 11) is 0. The molecule has 1 aromatic carbocycles. The van der Waals surface area contributed by atoms with Gasteiger partial charge in [0.05, 0.1) is 5.56 Å². The lowest BCUT2D eigenvalue weighted by molar-refractivity contribution is 0.0696. The zero-order chi connectivity index (χ0) is 10.7. The van der Waals surface area contributed by atoms with Gasteiger partial charge in [-0.15, -0.1) is 10.2 Å². The van der Waals surface area contributed by atoms with Crippen molar-refractivity contribution in [2.75, 3.05) is 0 Å². The van der Waals surface area contributed by atoms with Crippen LogP contribution in [-0.2, 0) is 0 Å². The largest absolute Gasteiger partial charge is 0.478 e. The van der Waals surface area contributed by atoms with Crippen LogP contribution in [0.15, 0.2) is 39.0 Å². The van der Waals surface area contributed by atoms with E-state index in [9.17, 15) is 4.79 Å². The van der Waals surface area contributed by atoms with Crippen molar-refractivity contribution in [2.24, 2.45) is 0 Å². The second kappa shape index (κ2) is 4.41. The molecule has 1 aromatic heterocycles. The molecule has 0 amide bonds. The number of hydrogen-bond acceptors (Lipinski definition) is 5. The first-order chi connectivity index (χ1) is 7.25. The van der Waals surface area contributed by atoms with Gasteiger partial charge in [0.1, 0.15) is 5.51 Å². The molecule has 0 fully saturated rings. The van der Waals surface area contributed by atoms with Crippen molar-refractivity contribution in [2.45, 2.75) is 9.24 Å². The molecule has 15 heavy (non-hydrogen) atoms. The third-order valence-corrected chi connectivity index (χ3v) is 3.39. The Morgan fingerprint density at radius 1 is 1.47 bits per heavy atom. The topological polar surface area (TPSA) is 63.1 Å². The van der Waals surface area contributed by atoms with E-state index in [4.69, 9.17) is 5.11 Å². The van der Waals surface area contributed by atoms with E-state index in [-0.39, 0.29) is 5.56 Å². The molecular weight excluding hydrogens is 232 g/mol. The third-order valence-electron chi connectivity index (χ3n) is 1.63. The van der Waals surface area contributed by atoms with Crippen molar-refractivity contribution in [1.82, 2.24) is 10.2 Å². The monoisotopic (exact) mass is 238 g/mol. The average Bonchev–Trinajstić information content (AvgIpc) is 2.71. The molecule has 2 rings (SSSR count). The summed E-state index contributed by atoms with van der Waals surface area (Å²) in [4.78, 5) is 11.6. The lowest BCUT2D eigenvalue weighted by Gasteiger charge is -1.98. The van der Waals surface area contributed by atoms with Gasteiger partial charge in [0.25, 0.3) is 0 Å². The molecule has 6 heteroatoms. The number of carboxylic acids is 1. The first kappa shape index (κ1) is 10.1. The van der Waals surface area contributed by atoms with Crippen molar-refractivity contribution < 1.29 is 9.90 Å². The minimum atomic E-state index is -0.922. The fourth-order valence-electron chi connectivity index (χ4n) is 1.00. The van der Waals surface area contributed by atoms with Crippen LogP contribution in [0.4, 0.5) is 0 Å². The predicted molar refractivity (Wildman–Crippen MR) is 57.4 cm³/mol. The minimum Gasteiger partial charge on any atom is -0.478 e. The Balaban J connectivity index is 2.22. The predicted octanol–water partition coefficient (Wildman–Crippen LogP) is 2.39. The summed E-state index contributed by atoms with van der Waals surface area (Å²) < 4.78 is 0.803. The minimum absolute atomic E-state index is 0.282. The van der Waals surface area contributed by atoms with Crippen molar-refractivity contribution >= 4 is 29.1 Å². The molecule has 1 heterocycles. The fraction of sp³-hybridized carbons (Fsp3) is 0. The molecule has 0 saturated heterocycles. The van der Waals surface area contributed by atoms with Gasteiger partial charge in [-0.25, -0.2) is 4.79 Å². The summed E-state index contributed by atoms with van der Waals surface area (Å²) in [6.07, 6.45) is 0. The van der Waals surface area contributed by atoms with Gasteiger partial charge in [-0.1, -0.05) is 29.2 Å². The lowest BCUT2D eigenvalue weighted by atomic mass is 10.2. The Labute approximate surface area is 94.0 Å². The first-order valence-electron chi connectivity index (χ1n) is 4.03. The van der Waals surface area contributed by atoms with E-state index in [1.54, 1.807) is 23.7 Å². The smallest absolute Gasteiger partial charge is 0.335 e. The number of carboxylic acid groups (broad SMARTS) is 1. The Kier molecular flexibility index (Phi) is 2.98. The molecule has 0 spiro atoms. The van der Waals surface area contributed by atoms with E-state index in [2.05, 4.69) is 10.2 Å². The van der Waals surface area contributed by atoms with Crippen molar-refractivity contribution in [1.29, 1.82) is 0 Å². The summed E-state index contributed by atoms with van der Waals surface area (Å²) in [5.41, 5.74) is 1.92. The van der Waals surface area contributed by atoms with Gasteiger partial charge < -0.3 is 5.11 Å². The van der Waals surface area contributed by atoms with Gasteiger partial charge in [-0.3, -0.25) is 0 Å². The molecule has 0 bridgehead atoms. The molecule has 0 atom stereocenters. The van der Waals surface area contributed by atoms with Crippen LogP contribution in [0.1, 0.15) is 10.4 Å². The van der Waals surface area contributed by atoms with E-state index >= 15 is 0 Å². The van der Waals surface area contributed by atoms with Crippen LogP contribution in [0.5, 0.6) is 0 Å².